The number of amides is 1. The molecule has 0 bridgehead atoms. The van der Waals surface area contributed by atoms with E-state index in [9.17, 15) is 14.7 Å². The van der Waals surface area contributed by atoms with Crippen LogP contribution in [0.1, 0.15) is 18.4 Å². The first-order valence-electron chi connectivity index (χ1n) is 8.22. The van der Waals surface area contributed by atoms with Gasteiger partial charge >= 0.3 is 5.97 Å². The Hall–Kier alpha value is -2.83. The van der Waals surface area contributed by atoms with Crippen molar-refractivity contribution in [3.63, 3.8) is 0 Å². The summed E-state index contributed by atoms with van der Waals surface area (Å²) in [6.45, 7) is 2.55. The van der Waals surface area contributed by atoms with Gasteiger partial charge < -0.3 is 14.7 Å². The molecule has 7 nitrogen and oxygen atoms in total. The van der Waals surface area contributed by atoms with Crippen LogP contribution in [0.25, 0.3) is 0 Å². The number of likely N-dealkylation sites (tertiary alicyclic amines) is 1. The molecule has 1 aromatic heterocycles. The number of benzene rings is 1. The minimum absolute atomic E-state index is 0.0506. The van der Waals surface area contributed by atoms with Crippen molar-refractivity contribution in [2.45, 2.75) is 25.3 Å². The van der Waals surface area contributed by atoms with Gasteiger partial charge in [0.25, 0.3) is 5.91 Å². The standard InChI is InChI=1S/C18H21N3O4/c1-14-11-19-21(12-14)18(17(23)24)7-9-20(10-8-18)16(22)13-25-15-5-3-2-4-6-15/h2-6,11-12H,7-10,13H2,1H3,(H,23,24). The van der Waals surface area contributed by atoms with Crippen LogP contribution in [0.15, 0.2) is 42.7 Å². The highest BCUT2D eigenvalue weighted by Gasteiger charge is 2.44. The van der Waals surface area contributed by atoms with E-state index in [0.29, 0.717) is 31.7 Å². The van der Waals surface area contributed by atoms with E-state index >= 15 is 0 Å². The number of carbonyl (C=O) groups excluding carboxylic acids is 1. The van der Waals surface area contributed by atoms with Gasteiger partial charge in [-0.15, -0.1) is 0 Å². The van der Waals surface area contributed by atoms with Crippen LogP contribution in [0, 0.1) is 6.92 Å². The van der Waals surface area contributed by atoms with Gasteiger partial charge in [-0.1, -0.05) is 18.2 Å². The normalized spacial score (nSPS) is 16.4. The summed E-state index contributed by atoms with van der Waals surface area (Å²) in [7, 11) is 0. The second-order valence-electron chi connectivity index (χ2n) is 6.28. The Bertz CT molecular complexity index is 749. The number of carbonyl (C=O) groups is 2. The Morgan fingerprint density at radius 2 is 1.92 bits per heavy atom. The quantitative estimate of drug-likeness (QED) is 0.893. The van der Waals surface area contributed by atoms with Gasteiger partial charge in [0.2, 0.25) is 0 Å². The summed E-state index contributed by atoms with van der Waals surface area (Å²) < 4.78 is 7.00. The van der Waals surface area contributed by atoms with Gasteiger partial charge in [-0.25, -0.2) is 4.79 Å². The topological polar surface area (TPSA) is 84.7 Å². The predicted octanol–water partition coefficient (Wildman–Crippen LogP) is 1.67. The molecule has 0 aliphatic carbocycles. The highest BCUT2D eigenvalue weighted by atomic mass is 16.5. The molecule has 0 radical (unpaired) electrons. The van der Waals surface area contributed by atoms with Gasteiger partial charge in [0.1, 0.15) is 5.75 Å². The van der Waals surface area contributed by atoms with Crippen LogP contribution in [0.2, 0.25) is 0 Å². The van der Waals surface area contributed by atoms with Crippen LogP contribution in [0.4, 0.5) is 0 Å². The second-order valence-corrected chi connectivity index (χ2v) is 6.28. The highest BCUT2D eigenvalue weighted by molar-refractivity contribution is 5.80. The number of hydrogen-bond donors (Lipinski definition) is 1. The number of carboxylic acids is 1. The van der Waals surface area contributed by atoms with E-state index in [0.717, 1.165) is 5.56 Å². The van der Waals surface area contributed by atoms with E-state index in [1.165, 1.54) is 4.68 Å². The number of aromatic nitrogens is 2. The van der Waals surface area contributed by atoms with Gasteiger partial charge in [-0.05, 0) is 24.6 Å². The lowest BCUT2D eigenvalue weighted by molar-refractivity contribution is -0.153. The molecule has 132 valence electrons. The lowest BCUT2D eigenvalue weighted by atomic mass is 9.87. The zero-order valence-corrected chi connectivity index (χ0v) is 14.1. The Morgan fingerprint density at radius 1 is 1.24 bits per heavy atom. The number of ether oxygens (including phenoxy) is 1. The molecule has 1 aliphatic rings. The van der Waals surface area contributed by atoms with Crippen molar-refractivity contribution in [1.29, 1.82) is 0 Å². The molecule has 1 amide bonds. The number of piperidine rings is 1. The maximum Gasteiger partial charge on any atom is 0.331 e. The first-order valence-corrected chi connectivity index (χ1v) is 8.22. The van der Waals surface area contributed by atoms with Crippen LogP contribution in [-0.4, -0.2) is 51.4 Å². The molecule has 1 aromatic carbocycles. The van der Waals surface area contributed by atoms with Crippen molar-refractivity contribution in [3.05, 3.63) is 48.3 Å². The molecule has 1 N–H and O–H groups in total. The van der Waals surface area contributed by atoms with Crippen LogP contribution in [-0.2, 0) is 15.1 Å². The molecule has 0 saturated carbocycles. The number of hydrogen-bond acceptors (Lipinski definition) is 4. The minimum atomic E-state index is -1.09. The first kappa shape index (κ1) is 17.0. The third kappa shape index (κ3) is 3.50. The van der Waals surface area contributed by atoms with Crippen LogP contribution in [0.5, 0.6) is 5.75 Å². The molecule has 1 fully saturated rings. The zero-order valence-electron chi connectivity index (χ0n) is 14.1. The van der Waals surface area contributed by atoms with Gasteiger partial charge in [0, 0.05) is 32.1 Å². The van der Waals surface area contributed by atoms with Crippen molar-refractivity contribution >= 4 is 11.9 Å². The number of para-hydroxylation sites is 1. The van der Waals surface area contributed by atoms with Crippen LogP contribution < -0.4 is 4.74 Å². The number of rotatable bonds is 5. The summed E-state index contributed by atoms with van der Waals surface area (Å²) >= 11 is 0. The molecule has 0 spiro atoms. The smallest absolute Gasteiger partial charge is 0.331 e. The number of carboxylic acid groups (broad SMARTS) is 1. The maximum atomic E-state index is 12.3. The van der Waals surface area contributed by atoms with Gasteiger partial charge in [0.05, 0.1) is 6.20 Å². The summed E-state index contributed by atoms with van der Waals surface area (Å²) in [4.78, 5) is 25.9. The number of nitrogens with zero attached hydrogens (tertiary/aromatic N) is 3. The highest BCUT2D eigenvalue weighted by Crippen LogP contribution is 2.30. The second kappa shape index (κ2) is 6.96. The van der Waals surface area contributed by atoms with E-state index in [4.69, 9.17) is 4.74 Å². The monoisotopic (exact) mass is 343 g/mol. The van der Waals surface area contributed by atoms with Crippen molar-refractivity contribution in [2.75, 3.05) is 19.7 Å². The maximum absolute atomic E-state index is 12.3. The largest absolute Gasteiger partial charge is 0.484 e. The predicted molar refractivity (Wildman–Crippen MR) is 90.3 cm³/mol. The average Bonchev–Trinajstić information content (AvgIpc) is 3.07. The fraction of sp³-hybridized carbons (Fsp3) is 0.389. The first-order chi connectivity index (χ1) is 12.0. The molecule has 0 unspecified atom stereocenters. The van der Waals surface area contributed by atoms with Gasteiger partial charge in [0.15, 0.2) is 12.1 Å². The molecule has 7 heteroatoms. The molecule has 1 saturated heterocycles. The number of aliphatic carboxylic acids is 1. The summed E-state index contributed by atoms with van der Waals surface area (Å²) in [5, 5.41) is 13.9. The minimum Gasteiger partial charge on any atom is -0.484 e. The molecule has 0 atom stereocenters. The van der Waals surface area contributed by atoms with Crippen molar-refractivity contribution in [3.8, 4) is 5.75 Å². The summed E-state index contributed by atoms with van der Waals surface area (Å²) in [6, 6.07) is 9.14. The zero-order chi connectivity index (χ0) is 17.9. The van der Waals surface area contributed by atoms with E-state index in [-0.39, 0.29) is 12.5 Å². The SMILES string of the molecule is Cc1cnn(C2(C(=O)O)CCN(C(=O)COc3ccccc3)CC2)c1. The molecular formula is C18H21N3O4. The third-order valence-corrected chi connectivity index (χ3v) is 4.60. The van der Waals surface area contributed by atoms with E-state index in [1.54, 1.807) is 29.4 Å². The fourth-order valence-corrected chi connectivity index (χ4v) is 3.07. The molecule has 25 heavy (non-hydrogen) atoms. The van der Waals surface area contributed by atoms with E-state index in [1.807, 2.05) is 25.1 Å². The fourth-order valence-electron chi connectivity index (χ4n) is 3.07. The Kier molecular flexibility index (Phi) is 4.74. The van der Waals surface area contributed by atoms with E-state index in [2.05, 4.69) is 5.10 Å². The molecule has 2 aromatic rings. The van der Waals surface area contributed by atoms with Gasteiger partial charge in [-0.3, -0.25) is 9.48 Å². The van der Waals surface area contributed by atoms with E-state index < -0.39 is 11.5 Å². The van der Waals surface area contributed by atoms with Crippen molar-refractivity contribution in [1.82, 2.24) is 14.7 Å². The Balaban J connectivity index is 1.62. The summed E-state index contributed by atoms with van der Waals surface area (Å²) in [5.74, 6) is -0.414. The Morgan fingerprint density at radius 3 is 2.48 bits per heavy atom. The molecule has 2 heterocycles. The van der Waals surface area contributed by atoms with Crippen LogP contribution >= 0.6 is 0 Å². The summed E-state index contributed by atoms with van der Waals surface area (Å²) in [6.07, 6.45) is 4.03. The number of aryl methyl sites for hydroxylation is 1. The molecular weight excluding hydrogens is 322 g/mol. The molecule has 3 rings (SSSR count). The average molecular weight is 343 g/mol. The third-order valence-electron chi connectivity index (χ3n) is 4.60. The lowest BCUT2D eigenvalue weighted by Crippen LogP contribution is -2.53. The molecule has 1 aliphatic heterocycles. The van der Waals surface area contributed by atoms with Crippen molar-refractivity contribution in [2.24, 2.45) is 0 Å². The Labute approximate surface area is 145 Å². The van der Waals surface area contributed by atoms with Crippen molar-refractivity contribution < 1.29 is 19.4 Å². The van der Waals surface area contributed by atoms with Crippen LogP contribution in [0.3, 0.4) is 0 Å². The summed E-state index contributed by atoms with van der Waals surface area (Å²) in [5.41, 5.74) is -0.180. The lowest BCUT2D eigenvalue weighted by Gasteiger charge is -2.38. The van der Waals surface area contributed by atoms with Gasteiger partial charge in [-0.2, -0.15) is 5.10 Å².